The summed E-state index contributed by atoms with van der Waals surface area (Å²) in [6, 6.07) is 8.97. The second kappa shape index (κ2) is 22.0. The van der Waals surface area contributed by atoms with E-state index >= 15 is 4.79 Å². The number of hydrogen-bond donors (Lipinski definition) is 2. The van der Waals surface area contributed by atoms with Gasteiger partial charge in [-0.2, -0.15) is 0 Å². The van der Waals surface area contributed by atoms with Gasteiger partial charge in [-0.3, -0.25) is 14.6 Å². The smallest absolute Gasteiger partial charge is 0.410 e. The molecule has 0 saturated carbocycles. The third-order valence-corrected chi connectivity index (χ3v) is 16.0. The molecule has 68 heavy (non-hydrogen) atoms. The molecule has 0 bridgehead atoms. The predicted molar refractivity (Wildman–Crippen MR) is 254 cm³/mol. The van der Waals surface area contributed by atoms with Gasteiger partial charge in [0, 0.05) is 62.6 Å². The van der Waals surface area contributed by atoms with Crippen LogP contribution in [0.25, 0.3) is 10.9 Å². The largest absolute Gasteiger partial charge is 0.458 e. The number of nitrogens with zero attached hydrogens (tertiary/aromatic N) is 3. The normalized spacial score (nSPS) is 41.0. The Hall–Kier alpha value is -3.32. The molecule has 6 rings (SSSR count). The van der Waals surface area contributed by atoms with E-state index < -0.39 is 108 Å². The summed E-state index contributed by atoms with van der Waals surface area (Å²) in [7, 11) is 6.88. The van der Waals surface area contributed by atoms with Gasteiger partial charge in [-0.05, 0) is 112 Å². The third-order valence-electron chi connectivity index (χ3n) is 16.0. The summed E-state index contributed by atoms with van der Waals surface area (Å²) in [6.45, 7) is 18.6. The molecule has 382 valence electrons. The van der Waals surface area contributed by atoms with E-state index in [1.165, 1.54) is 12.7 Å². The van der Waals surface area contributed by atoms with Crippen LogP contribution in [0.2, 0.25) is 0 Å². The van der Waals surface area contributed by atoms with Crippen molar-refractivity contribution in [1.82, 2.24) is 14.8 Å². The SMILES string of the molecule is CC[C@H]1OC(=O)[C@H](C)C(O[C@H]2C[C@@](C)(OC)[C@@H](O)[C@H](C)O2)[C@H](C)[C@@H](O[C@@H]2O[C@H](C)C[C@H](N(C)C)[C@H]2O)[C@](C)(OC)C[C@@H](C)C(=O)[C@H](C)[C@@H]2N(CCCCc3ccnc4ccccc34)C(=O)O[C@@]21C. The highest BCUT2D eigenvalue weighted by Crippen LogP contribution is 2.45. The minimum Gasteiger partial charge on any atom is -0.458 e. The number of carbonyl (C=O) groups is 3. The van der Waals surface area contributed by atoms with Gasteiger partial charge in [0.05, 0.1) is 53.1 Å². The van der Waals surface area contributed by atoms with E-state index in [1.807, 2.05) is 91.0 Å². The molecule has 1 aromatic heterocycles. The van der Waals surface area contributed by atoms with Gasteiger partial charge in [-0.1, -0.05) is 45.9 Å². The number of benzene rings is 1. The molecule has 4 saturated heterocycles. The lowest BCUT2D eigenvalue weighted by Crippen LogP contribution is -2.61. The van der Waals surface area contributed by atoms with Crippen molar-refractivity contribution in [3.8, 4) is 0 Å². The zero-order valence-electron chi connectivity index (χ0n) is 43.0. The molecular formula is C52H81N3O13. The molecule has 0 aliphatic carbocycles. The standard InChI is InChI=1S/C52H81N3O13/c1-15-39-52(10)44(55(49(60)68-52)25-19-18-20-35-23-24-53-37-22-17-16-21-36(35)37)31(4)41(56)29(2)27-51(9,62-14)46(67-48-42(57)38(54(11)12)26-30(3)63-48)32(5)43(33(6)47(59)65-39)66-40-28-50(8,61-13)45(58)34(7)64-40/h16-17,21-24,29-34,38-40,42-46,48,57-58H,15,18-20,25-28H2,1-14H3/t29-,30-,31+,32+,33-,34+,38+,39-,40+,42-,43?,44+,45+,46-,48+,50-,51-,52-/m1/s1. The minimum absolute atomic E-state index is 0.126. The van der Waals surface area contributed by atoms with E-state index in [0.29, 0.717) is 19.4 Å². The van der Waals surface area contributed by atoms with Crippen molar-refractivity contribution in [1.29, 1.82) is 0 Å². The molecule has 18 atom stereocenters. The van der Waals surface area contributed by atoms with Crippen LogP contribution in [0.4, 0.5) is 4.79 Å². The van der Waals surface area contributed by atoms with Gasteiger partial charge in [0.25, 0.3) is 0 Å². The van der Waals surface area contributed by atoms with Crippen molar-refractivity contribution in [2.24, 2.45) is 23.7 Å². The van der Waals surface area contributed by atoms with Crippen molar-refractivity contribution in [2.75, 3.05) is 34.9 Å². The fourth-order valence-corrected chi connectivity index (χ4v) is 11.8. The second-order valence-electron chi connectivity index (χ2n) is 21.1. The van der Waals surface area contributed by atoms with Crippen molar-refractivity contribution < 1.29 is 62.5 Å². The molecule has 16 nitrogen and oxygen atoms in total. The number of para-hydroxylation sites is 1. The fourth-order valence-electron chi connectivity index (χ4n) is 11.8. The van der Waals surface area contributed by atoms with Crippen LogP contribution in [0.15, 0.2) is 36.5 Å². The van der Waals surface area contributed by atoms with E-state index in [9.17, 15) is 19.8 Å². The number of cyclic esters (lactones) is 1. The fraction of sp³-hybridized carbons (Fsp3) is 0.769. The lowest BCUT2D eigenvalue weighted by Gasteiger charge is -2.50. The highest BCUT2D eigenvalue weighted by Gasteiger charge is 2.61. The molecule has 4 aliphatic rings. The van der Waals surface area contributed by atoms with Gasteiger partial charge in [0.2, 0.25) is 0 Å². The number of aliphatic hydroxyl groups is 2. The predicted octanol–water partition coefficient (Wildman–Crippen LogP) is 6.48. The van der Waals surface area contributed by atoms with Gasteiger partial charge in [0.1, 0.15) is 24.1 Å². The summed E-state index contributed by atoms with van der Waals surface area (Å²) in [5.41, 5.74) is -1.62. The molecule has 1 aromatic carbocycles. The van der Waals surface area contributed by atoms with E-state index in [1.54, 1.807) is 39.7 Å². The first-order valence-electron chi connectivity index (χ1n) is 24.8. The molecular weight excluding hydrogens is 875 g/mol. The number of aryl methyl sites for hydroxylation is 1. The van der Waals surface area contributed by atoms with E-state index in [-0.39, 0.29) is 37.2 Å². The van der Waals surface area contributed by atoms with Crippen molar-refractivity contribution in [3.05, 3.63) is 42.1 Å². The number of amides is 1. The molecule has 16 heteroatoms. The Morgan fingerprint density at radius 1 is 0.882 bits per heavy atom. The summed E-state index contributed by atoms with van der Waals surface area (Å²) in [5.74, 6) is -3.86. The molecule has 0 radical (unpaired) electrons. The molecule has 2 aromatic rings. The molecule has 1 unspecified atom stereocenters. The molecule has 4 aliphatic heterocycles. The Morgan fingerprint density at radius 2 is 1.57 bits per heavy atom. The Morgan fingerprint density at radius 3 is 2.24 bits per heavy atom. The average Bonchev–Trinajstić information content (AvgIpc) is 3.57. The Kier molecular flexibility index (Phi) is 17.5. The van der Waals surface area contributed by atoms with Crippen molar-refractivity contribution >= 4 is 28.7 Å². The van der Waals surface area contributed by atoms with Gasteiger partial charge in [0.15, 0.2) is 18.2 Å². The highest BCUT2D eigenvalue weighted by molar-refractivity contribution is 5.85. The number of esters is 1. The first kappa shape index (κ1) is 54.0. The average molecular weight is 956 g/mol. The number of aliphatic hydroxyl groups excluding tert-OH is 2. The third kappa shape index (κ3) is 10.9. The lowest BCUT2D eigenvalue weighted by atomic mass is 9.73. The van der Waals surface area contributed by atoms with Crippen LogP contribution in [0.3, 0.4) is 0 Å². The maximum atomic E-state index is 15.1. The van der Waals surface area contributed by atoms with Crippen LogP contribution in [-0.4, -0.2) is 162 Å². The van der Waals surface area contributed by atoms with Crippen LogP contribution in [0.5, 0.6) is 0 Å². The number of pyridine rings is 1. The lowest BCUT2D eigenvalue weighted by molar-refractivity contribution is -0.319. The number of likely N-dealkylation sites (N-methyl/N-ethyl adjacent to an activating group) is 1. The van der Waals surface area contributed by atoms with Crippen LogP contribution < -0.4 is 0 Å². The van der Waals surface area contributed by atoms with E-state index in [2.05, 4.69) is 11.1 Å². The minimum atomic E-state index is -1.41. The number of hydrogen-bond acceptors (Lipinski definition) is 15. The molecule has 1 amide bonds. The number of aromatic nitrogens is 1. The van der Waals surface area contributed by atoms with E-state index in [0.717, 1.165) is 23.7 Å². The number of fused-ring (bicyclic) bond motifs is 2. The number of ketones is 1. The first-order valence-corrected chi connectivity index (χ1v) is 24.8. The summed E-state index contributed by atoms with van der Waals surface area (Å²) in [6.07, 6.45) is -3.44. The summed E-state index contributed by atoms with van der Waals surface area (Å²) in [4.78, 5) is 52.4. The van der Waals surface area contributed by atoms with Gasteiger partial charge in [-0.25, -0.2) is 4.79 Å². The summed E-state index contributed by atoms with van der Waals surface area (Å²) < 4.78 is 51.8. The zero-order chi connectivity index (χ0) is 50.0. The monoisotopic (exact) mass is 956 g/mol. The topological polar surface area (TPSA) is 185 Å². The van der Waals surface area contributed by atoms with Gasteiger partial charge in [-0.15, -0.1) is 0 Å². The van der Waals surface area contributed by atoms with Crippen LogP contribution >= 0.6 is 0 Å². The summed E-state index contributed by atoms with van der Waals surface area (Å²) >= 11 is 0. The van der Waals surface area contributed by atoms with Crippen LogP contribution in [0.1, 0.15) is 113 Å². The van der Waals surface area contributed by atoms with Crippen LogP contribution in [-0.2, 0) is 53.9 Å². The quantitative estimate of drug-likeness (QED) is 0.164. The van der Waals surface area contributed by atoms with E-state index in [4.69, 9.17) is 37.9 Å². The maximum absolute atomic E-state index is 15.1. The van der Waals surface area contributed by atoms with Gasteiger partial charge < -0.3 is 57.9 Å². The molecule has 2 N–H and O–H groups in total. The Labute approximate surface area is 404 Å². The number of ether oxygens (including phenoxy) is 8. The highest BCUT2D eigenvalue weighted by atomic mass is 16.7. The molecule has 0 spiro atoms. The first-order chi connectivity index (χ1) is 32.0. The van der Waals surface area contributed by atoms with Crippen molar-refractivity contribution in [3.63, 3.8) is 0 Å². The molecule has 4 fully saturated rings. The number of Topliss-reactive ketones (excluding diaryl/α,β-unsaturated/α-hetero) is 1. The molecule has 5 heterocycles. The van der Waals surface area contributed by atoms with Gasteiger partial charge >= 0.3 is 12.1 Å². The number of rotatable bonds is 13. The number of unbranched alkanes of at least 4 members (excludes halogenated alkanes) is 1. The second-order valence-corrected chi connectivity index (χ2v) is 21.1. The Bertz CT molecular complexity index is 2040. The zero-order valence-corrected chi connectivity index (χ0v) is 43.0. The van der Waals surface area contributed by atoms with Crippen LogP contribution in [0, 0.1) is 23.7 Å². The maximum Gasteiger partial charge on any atom is 0.410 e. The number of methoxy groups -OCH3 is 2. The summed E-state index contributed by atoms with van der Waals surface area (Å²) in [5, 5.41) is 24.1. The number of carbonyl (C=O) groups excluding carboxylic acids is 3. The Balaban J connectivity index is 1.39. The van der Waals surface area contributed by atoms with Crippen molar-refractivity contribution in [2.45, 2.75) is 198 Å².